The summed E-state index contributed by atoms with van der Waals surface area (Å²) < 4.78 is 1.86. The van der Waals surface area contributed by atoms with Crippen LogP contribution in [0.1, 0.15) is 11.3 Å². The minimum atomic E-state index is 0.697. The second kappa shape index (κ2) is 3.15. The van der Waals surface area contributed by atoms with Crippen molar-refractivity contribution in [2.45, 2.75) is 13.8 Å². The molecule has 0 radical (unpaired) electrons. The standard InChI is InChI=1S/C11H9ClN4/c1-6-3-4-8-9(12)7(2)10-15-13-5-16(10)11(8)14-6/h3-5H,1-2H3. The number of pyridine rings is 2. The summed E-state index contributed by atoms with van der Waals surface area (Å²) in [5, 5.41) is 9.57. The third-order valence-corrected chi connectivity index (χ3v) is 3.18. The molecular formula is C11H9ClN4. The number of nitrogens with zero attached hydrogens (tertiary/aromatic N) is 4. The summed E-state index contributed by atoms with van der Waals surface area (Å²) in [6.45, 7) is 3.88. The van der Waals surface area contributed by atoms with Gasteiger partial charge in [-0.25, -0.2) is 4.98 Å². The number of rotatable bonds is 0. The summed E-state index contributed by atoms with van der Waals surface area (Å²) in [4.78, 5) is 4.48. The second-order valence-corrected chi connectivity index (χ2v) is 4.17. The van der Waals surface area contributed by atoms with Crippen molar-refractivity contribution in [1.82, 2.24) is 19.6 Å². The highest BCUT2D eigenvalue weighted by Gasteiger charge is 2.12. The molecule has 0 aromatic carbocycles. The van der Waals surface area contributed by atoms with E-state index in [1.807, 2.05) is 30.4 Å². The first-order valence-corrected chi connectivity index (χ1v) is 5.31. The monoisotopic (exact) mass is 232 g/mol. The number of aryl methyl sites for hydroxylation is 2. The largest absolute Gasteiger partial charge is 0.265 e. The van der Waals surface area contributed by atoms with Gasteiger partial charge in [0, 0.05) is 16.6 Å². The predicted molar refractivity (Wildman–Crippen MR) is 62.8 cm³/mol. The lowest BCUT2D eigenvalue weighted by Crippen LogP contribution is -1.96. The van der Waals surface area contributed by atoms with Crippen LogP contribution >= 0.6 is 11.6 Å². The van der Waals surface area contributed by atoms with Gasteiger partial charge in [-0.05, 0) is 26.0 Å². The highest BCUT2D eigenvalue weighted by molar-refractivity contribution is 6.36. The number of aromatic nitrogens is 4. The van der Waals surface area contributed by atoms with Gasteiger partial charge in [-0.15, -0.1) is 10.2 Å². The van der Waals surface area contributed by atoms with Crippen LogP contribution in [0.5, 0.6) is 0 Å². The van der Waals surface area contributed by atoms with E-state index < -0.39 is 0 Å². The fourth-order valence-corrected chi connectivity index (χ4v) is 2.08. The van der Waals surface area contributed by atoms with Crippen LogP contribution in [-0.4, -0.2) is 19.6 Å². The normalized spacial score (nSPS) is 11.4. The molecule has 3 rings (SSSR count). The van der Waals surface area contributed by atoms with E-state index in [1.54, 1.807) is 6.33 Å². The van der Waals surface area contributed by atoms with E-state index >= 15 is 0 Å². The van der Waals surface area contributed by atoms with Crippen LogP contribution in [0.25, 0.3) is 16.7 Å². The Morgan fingerprint density at radius 2 is 2.00 bits per heavy atom. The highest BCUT2D eigenvalue weighted by Crippen LogP contribution is 2.28. The Bertz CT molecular complexity index is 702. The molecule has 3 aromatic heterocycles. The van der Waals surface area contributed by atoms with E-state index in [1.165, 1.54) is 0 Å². The molecule has 0 saturated heterocycles. The third-order valence-electron chi connectivity index (χ3n) is 2.69. The summed E-state index contributed by atoms with van der Waals surface area (Å²) >= 11 is 6.29. The van der Waals surface area contributed by atoms with Crippen LogP contribution in [0.4, 0.5) is 0 Å². The molecule has 0 aliphatic heterocycles. The molecule has 0 aliphatic carbocycles. The van der Waals surface area contributed by atoms with Crippen LogP contribution in [-0.2, 0) is 0 Å². The van der Waals surface area contributed by atoms with E-state index in [0.29, 0.717) is 5.02 Å². The maximum atomic E-state index is 6.29. The van der Waals surface area contributed by atoms with Gasteiger partial charge in [0.2, 0.25) is 0 Å². The Hall–Kier alpha value is -1.68. The van der Waals surface area contributed by atoms with Crippen molar-refractivity contribution in [3.05, 3.63) is 34.7 Å². The van der Waals surface area contributed by atoms with Crippen LogP contribution in [0, 0.1) is 13.8 Å². The molecule has 5 heteroatoms. The second-order valence-electron chi connectivity index (χ2n) is 3.79. The van der Waals surface area contributed by atoms with Crippen molar-refractivity contribution in [3.8, 4) is 0 Å². The molecule has 0 bridgehead atoms. The van der Waals surface area contributed by atoms with Gasteiger partial charge in [0.15, 0.2) is 5.65 Å². The first kappa shape index (κ1) is 9.54. The molecule has 3 aromatic rings. The van der Waals surface area contributed by atoms with Gasteiger partial charge in [0.05, 0.1) is 5.02 Å². The van der Waals surface area contributed by atoms with Gasteiger partial charge < -0.3 is 0 Å². The zero-order valence-corrected chi connectivity index (χ0v) is 9.65. The number of hydrogen-bond donors (Lipinski definition) is 0. The summed E-state index contributed by atoms with van der Waals surface area (Å²) in [6.07, 6.45) is 1.66. The fourth-order valence-electron chi connectivity index (χ4n) is 1.84. The van der Waals surface area contributed by atoms with Gasteiger partial charge >= 0.3 is 0 Å². The first-order valence-electron chi connectivity index (χ1n) is 4.93. The van der Waals surface area contributed by atoms with E-state index in [4.69, 9.17) is 11.6 Å². The molecule has 0 aliphatic rings. The lowest BCUT2D eigenvalue weighted by molar-refractivity contribution is 1.10. The summed E-state index contributed by atoms with van der Waals surface area (Å²) in [5.41, 5.74) is 3.44. The minimum Gasteiger partial charge on any atom is -0.265 e. The molecule has 0 N–H and O–H groups in total. The van der Waals surface area contributed by atoms with Gasteiger partial charge in [-0.2, -0.15) is 0 Å². The number of fused-ring (bicyclic) bond motifs is 3. The quantitative estimate of drug-likeness (QED) is 0.598. The Morgan fingerprint density at radius 3 is 2.81 bits per heavy atom. The van der Waals surface area contributed by atoms with Crippen LogP contribution in [0.2, 0.25) is 5.02 Å². The van der Waals surface area contributed by atoms with Gasteiger partial charge in [-0.1, -0.05) is 11.6 Å². The molecule has 0 saturated carbocycles. The van der Waals surface area contributed by atoms with Crippen LogP contribution < -0.4 is 0 Å². The minimum absolute atomic E-state index is 0.697. The highest BCUT2D eigenvalue weighted by atomic mass is 35.5. The zero-order valence-electron chi connectivity index (χ0n) is 8.90. The SMILES string of the molecule is Cc1ccc2c(Cl)c(C)c3nncn3c2n1. The van der Waals surface area contributed by atoms with Crippen molar-refractivity contribution in [1.29, 1.82) is 0 Å². The molecule has 3 heterocycles. The van der Waals surface area contributed by atoms with Crippen molar-refractivity contribution in [3.63, 3.8) is 0 Å². The van der Waals surface area contributed by atoms with E-state index in [9.17, 15) is 0 Å². The molecule has 0 amide bonds. The average Bonchev–Trinajstić information content (AvgIpc) is 2.75. The smallest absolute Gasteiger partial charge is 0.166 e. The Balaban J connectivity index is 2.66. The lowest BCUT2D eigenvalue weighted by atomic mass is 10.2. The molecule has 0 fully saturated rings. The zero-order chi connectivity index (χ0) is 11.3. The summed E-state index contributed by atoms with van der Waals surface area (Å²) in [6, 6.07) is 3.93. The molecule has 4 nitrogen and oxygen atoms in total. The van der Waals surface area contributed by atoms with Crippen molar-refractivity contribution < 1.29 is 0 Å². The van der Waals surface area contributed by atoms with Gasteiger partial charge in [-0.3, -0.25) is 4.40 Å². The van der Waals surface area contributed by atoms with E-state index in [-0.39, 0.29) is 0 Å². The number of hydrogen-bond acceptors (Lipinski definition) is 3. The lowest BCUT2D eigenvalue weighted by Gasteiger charge is -2.07. The molecular weight excluding hydrogens is 224 g/mol. The molecule has 80 valence electrons. The maximum absolute atomic E-state index is 6.29. The fraction of sp³-hybridized carbons (Fsp3) is 0.182. The molecule has 0 atom stereocenters. The molecule has 0 spiro atoms. The predicted octanol–water partition coefficient (Wildman–Crippen LogP) is 2.55. The van der Waals surface area contributed by atoms with E-state index in [2.05, 4.69) is 15.2 Å². The van der Waals surface area contributed by atoms with Crippen LogP contribution in [0.3, 0.4) is 0 Å². The molecule has 0 unspecified atom stereocenters. The topological polar surface area (TPSA) is 43.1 Å². The van der Waals surface area contributed by atoms with E-state index in [0.717, 1.165) is 27.9 Å². The van der Waals surface area contributed by atoms with Gasteiger partial charge in [0.1, 0.15) is 12.0 Å². The average molecular weight is 233 g/mol. The van der Waals surface area contributed by atoms with Crippen molar-refractivity contribution in [2.75, 3.05) is 0 Å². The Labute approximate surface area is 96.9 Å². The number of halogens is 1. The Morgan fingerprint density at radius 1 is 1.19 bits per heavy atom. The summed E-state index contributed by atoms with van der Waals surface area (Å²) in [7, 11) is 0. The van der Waals surface area contributed by atoms with Gasteiger partial charge in [0.25, 0.3) is 0 Å². The van der Waals surface area contributed by atoms with Crippen molar-refractivity contribution >= 4 is 28.3 Å². The molecule has 16 heavy (non-hydrogen) atoms. The van der Waals surface area contributed by atoms with Crippen LogP contribution in [0.15, 0.2) is 18.5 Å². The first-order chi connectivity index (χ1) is 7.68. The maximum Gasteiger partial charge on any atom is 0.166 e. The summed E-state index contributed by atoms with van der Waals surface area (Å²) in [5.74, 6) is 0. The van der Waals surface area contributed by atoms with Crippen molar-refractivity contribution in [2.24, 2.45) is 0 Å². The third kappa shape index (κ3) is 1.13. The Kier molecular flexibility index (Phi) is 1.88.